The van der Waals surface area contributed by atoms with Crippen molar-refractivity contribution in [1.82, 2.24) is 15.4 Å². The van der Waals surface area contributed by atoms with Crippen molar-refractivity contribution in [2.75, 3.05) is 13.7 Å². The summed E-state index contributed by atoms with van der Waals surface area (Å²) in [6, 6.07) is 3.53. The molecule has 0 aromatic carbocycles. The molecule has 7 nitrogen and oxygen atoms in total. The maximum Gasteiger partial charge on any atom is 0.318 e. The molecular weight excluding hydrogens is 322 g/mol. The van der Waals surface area contributed by atoms with Gasteiger partial charge in [-0.2, -0.15) is 0 Å². The molecule has 136 valence electrons. The molecule has 1 fully saturated rings. The van der Waals surface area contributed by atoms with Crippen LogP contribution in [0, 0.1) is 13.8 Å². The fourth-order valence-corrected chi connectivity index (χ4v) is 3.55. The van der Waals surface area contributed by atoms with Crippen molar-refractivity contribution in [1.29, 1.82) is 0 Å². The summed E-state index contributed by atoms with van der Waals surface area (Å²) < 4.78 is 16.1. The Bertz CT molecular complexity index is 717. The number of hydrogen-bond donors (Lipinski definition) is 1. The molecule has 0 aliphatic carbocycles. The van der Waals surface area contributed by atoms with Crippen LogP contribution in [0.3, 0.4) is 0 Å². The fraction of sp³-hybridized carbons (Fsp3) is 0.556. The third kappa shape index (κ3) is 3.56. The number of likely N-dealkylation sites (tertiary alicyclic amines) is 1. The molecule has 2 amide bonds. The highest BCUT2D eigenvalue weighted by Gasteiger charge is 2.33. The minimum absolute atomic E-state index is 0.0394. The second kappa shape index (κ2) is 7.31. The molecule has 0 unspecified atom stereocenters. The van der Waals surface area contributed by atoms with Crippen molar-refractivity contribution < 1.29 is 18.5 Å². The van der Waals surface area contributed by atoms with Crippen molar-refractivity contribution in [2.45, 2.75) is 52.3 Å². The molecule has 0 radical (unpaired) electrons. The lowest BCUT2D eigenvalue weighted by Gasteiger charge is -2.25. The van der Waals surface area contributed by atoms with Crippen molar-refractivity contribution in [2.24, 2.45) is 0 Å². The second-order valence-electron chi connectivity index (χ2n) is 6.50. The number of aryl methyl sites for hydroxylation is 2. The van der Waals surface area contributed by atoms with E-state index >= 15 is 0 Å². The lowest BCUT2D eigenvalue weighted by Crippen LogP contribution is -2.40. The number of carbonyl (C=O) groups is 1. The predicted octanol–water partition coefficient (Wildman–Crippen LogP) is 3.64. The van der Waals surface area contributed by atoms with Gasteiger partial charge in [-0.3, -0.25) is 0 Å². The van der Waals surface area contributed by atoms with E-state index in [1.165, 1.54) is 0 Å². The first-order chi connectivity index (χ1) is 12.0. The number of nitrogens with one attached hydrogen (secondary N) is 1. The highest BCUT2D eigenvalue weighted by atomic mass is 16.5. The summed E-state index contributed by atoms with van der Waals surface area (Å²) in [5, 5.41) is 7.02. The quantitative estimate of drug-likeness (QED) is 0.893. The molecular formula is C18H25N3O4. The second-order valence-corrected chi connectivity index (χ2v) is 6.50. The average Bonchev–Trinajstić information content (AvgIpc) is 3.27. The average molecular weight is 347 g/mol. The molecule has 2 aromatic rings. The van der Waals surface area contributed by atoms with Gasteiger partial charge >= 0.3 is 6.03 Å². The SMILES string of the molecule is COCc1ccc([C@@H]2CCCN2C(=O)N[C@@H](C)c2c(C)noc2C)o1. The standard InChI is InChI=1S/C18H25N3O4/c1-11(17-12(2)20-25-13(17)3)19-18(22)21-9-5-6-15(21)16-8-7-14(24-16)10-23-4/h7-8,11,15H,5-6,9-10H2,1-4H3,(H,19,22)/t11-,15-/m0/s1. The summed E-state index contributed by atoms with van der Waals surface area (Å²) in [5.74, 6) is 2.32. The normalized spacial score (nSPS) is 18.6. The molecule has 25 heavy (non-hydrogen) atoms. The third-order valence-corrected chi connectivity index (χ3v) is 4.67. The Morgan fingerprint density at radius 1 is 1.48 bits per heavy atom. The number of urea groups is 1. The maximum atomic E-state index is 12.8. The van der Waals surface area contributed by atoms with Gasteiger partial charge in [0, 0.05) is 19.2 Å². The molecule has 0 spiro atoms. The highest BCUT2D eigenvalue weighted by Crippen LogP contribution is 2.33. The Hall–Kier alpha value is -2.28. The Balaban J connectivity index is 1.70. The Labute approximate surface area is 147 Å². The van der Waals surface area contributed by atoms with E-state index in [9.17, 15) is 4.79 Å². The van der Waals surface area contributed by atoms with Crippen LogP contribution in [0.1, 0.15) is 60.4 Å². The molecule has 7 heteroatoms. The van der Waals surface area contributed by atoms with Gasteiger partial charge in [0.05, 0.1) is 17.8 Å². The molecule has 1 saturated heterocycles. The van der Waals surface area contributed by atoms with Gasteiger partial charge in [0.2, 0.25) is 0 Å². The summed E-state index contributed by atoms with van der Waals surface area (Å²) >= 11 is 0. The van der Waals surface area contributed by atoms with Gasteiger partial charge in [0.1, 0.15) is 23.9 Å². The zero-order valence-electron chi connectivity index (χ0n) is 15.2. The number of furan rings is 1. The Kier molecular flexibility index (Phi) is 5.13. The molecule has 1 aliphatic heterocycles. The van der Waals surface area contributed by atoms with E-state index < -0.39 is 0 Å². The summed E-state index contributed by atoms with van der Waals surface area (Å²) in [6.45, 7) is 6.83. The summed E-state index contributed by atoms with van der Waals surface area (Å²) in [6.07, 6.45) is 1.85. The van der Waals surface area contributed by atoms with E-state index in [2.05, 4.69) is 10.5 Å². The number of carbonyl (C=O) groups excluding carboxylic acids is 1. The van der Waals surface area contributed by atoms with Gasteiger partial charge in [-0.1, -0.05) is 5.16 Å². The monoisotopic (exact) mass is 347 g/mol. The van der Waals surface area contributed by atoms with Gasteiger partial charge in [-0.05, 0) is 45.7 Å². The molecule has 0 saturated carbocycles. The number of methoxy groups -OCH3 is 1. The van der Waals surface area contributed by atoms with Gasteiger partial charge < -0.3 is 23.9 Å². The number of amides is 2. The Morgan fingerprint density at radius 3 is 2.96 bits per heavy atom. The third-order valence-electron chi connectivity index (χ3n) is 4.67. The first kappa shape index (κ1) is 17.5. The molecule has 1 aliphatic rings. The molecule has 1 N–H and O–H groups in total. The van der Waals surface area contributed by atoms with Crippen LogP contribution in [-0.4, -0.2) is 29.7 Å². The summed E-state index contributed by atoms with van der Waals surface area (Å²) in [5.41, 5.74) is 1.74. The van der Waals surface area contributed by atoms with Gasteiger partial charge in [-0.15, -0.1) is 0 Å². The van der Waals surface area contributed by atoms with Gasteiger partial charge in [0.25, 0.3) is 0 Å². The largest absolute Gasteiger partial charge is 0.461 e. The fourth-order valence-electron chi connectivity index (χ4n) is 3.55. The first-order valence-electron chi connectivity index (χ1n) is 8.58. The van der Waals surface area contributed by atoms with Crippen molar-refractivity contribution in [3.8, 4) is 0 Å². The van der Waals surface area contributed by atoms with Crippen LogP contribution in [0.15, 0.2) is 21.1 Å². The highest BCUT2D eigenvalue weighted by molar-refractivity contribution is 5.75. The minimum atomic E-state index is -0.166. The van der Waals surface area contributed by atoms with Crippen LogP contribution in [0.25, 0.3) is 0 Å². The van der Waals surface area contributed by atoms with E-state index in [0.717, 1.165) is 41.4 Å². The molecule has 3 heterocycles. The van der Waals surface area contributed by atoms with Crippen molar-refractivity contribution in [3.05, 3.63) is 40.7 Å². The number of rotatable bonds is 5. The zero-order valence-corrected chi connectivity index (χ0v) is 15.2. The van der Waals surface area contributed by atoms with Gasteiger partial charge in [0.15, 0.2) is 0 Å². The van der Waals surface area contributed by atoms with E-state index in [1.807, 2.05) is 37.8 Å². The van der Waals surface area contributed by atoms with Crippen LogP contribution in [0.4, 0.5) is 4.79 Å². The Morgan fingerprint density at radius 2 is 2.28 bits per heavy atom. The molecule has 2 aromatic heterocycles. The van der Waals surface area contributed by atoms with Crippen LogP contribution >= 0.6 is 0 Å². The minimum Gasteiger partial charge on any atom is -0.461 e. The summed E-state index contributed by atoms with van der Waals surface area (Å²) in [7, 11) is 1.63. The van der Waals surface area contributed by atoms with E-state index in [4.69, 9.17) is 13.7 Å². The van der Waals surface area contributed by atoms with Crippen molar-refractivity contribution >= 4 is 6.03 Å². The van der Waals surface area contributed by atoms with Crippen LogP contribution in [0.2, 0.25) is 0 Å². The lowest BCUT2D eigenvalue weighted by atomic mass is 10.1. The molecule has 0 bridgehead atoms. The number of aromatic nitrogens is 1. The lowest BCUT2D eigenvalue weighted by molar-refractivity contribution is 0.155. The number of nitrogens with zero attached hydrogens (tertiary/aromatic N) is 2. The molecule has 2 atom stereocenters. The number of ether oxygens (including phenoxy) is 1. The molecule has 3 rings (SSSR count). The van der Waals surface area contributed by atoms with Crippen LogP contribution < -0.4 is 5.32 Å². The van der Waals surface area contributed by atoms with Crippen LogP contribution in [-0.2, 0) is 11.3 Å². The van der Waals surface area contributed by atoms with Gasteiger partial charge in [-0.25, -0.2) is 4.79 Å². The predicted molar refractivity (Wildman–Crippen MR) is 91.0 cm³/mol. The van der Waals surface area contributed by atoms with E-state index in [-0.39, 0.29) is 18.1 Å². The van der Waals surface area contributed by atoms with E-state index in [0.29, 0.717) is 13.2 Å². The van der Waals surface area contributed by atoms with Crippen molar-refractivity contribution in [3.63, 3.8) is 0 Å². The smallest absolute Gasteiger partial charge is 0.318 e. The van der Waals surface area contributed by atoms with Crippen LogP contribution in [0.5, 0.6) is 0 Å². The number of hydrogen-bond acceptors (Lipinski definition) is 5. The van der Waals surface area contributed by atoms with E-state index in [1.54, 1.807) is 7.11 Å². The summed E-state index contributed by atoms with van der Waals surface area (Å²) in [4.78, 5) is 14.6. The topological polar surface area (TPSA) is 80.7 Å². The first-order valence-corrected chi connectivity index (χ1v) is 8.58. The maximum absolute atomic E-state index is 12.8. The zero-order chi connectivity index (χ0) is 18.0.